The van der Waals surface area contributed by atoms with Gasteiger partial charge in [-0.05, 0) is 29.8 Å². The molecule has 7 heteroatoms. The minimum absolute atomic E-state index is 0.0166. The van der Waals surface area contributed by atoms with Gasteiger partial charge in [-0.15, -0.1) is 11.3 Å². The lowest BCUT2D eigenvalue weighted by molar-refractivity contribution is -0.139. The van der Waals surface area contributed by atoms with Crippen LogP contribution < -0.4 is 4.90 Å². The molecule has 5 nitrogen and oxygen atoms in total. The molecule has 142 valence electrons. The molecule has 3 rings (SSSR count). The minimum Gasteiger partial charge on any atom is -0.456 e. The van der Waals surface area contributed by atoms with Crippen molar-refractivity contribution in [1.29, 1.82) is 0 Å². The van der Waals surface area contributed by atoms with E-state index >= 15 is 0 Å². The van der Waals surface area contributed by atoms with Gasteiger partial charge in [0.2, 0.25) is 5.91 Å². The summed E-state index contributed by atoms with van der Waals surface area (Å²) in [6.45, 7) is 1.50. The Kier molecular flexibility index (Phi) is 6.57. The van der Waals surface area contributed by atoms with Crippen molar-refractivity contribution in [3.05, 3.63) is 82.3 Å². The number of thiazole rings is 1. The molecule has 0 spiro atoms. The van der Waals surface area contributed by atoms with E-state index < -0.39 is 5.97 Å². The molecule has 1 amide bonds. The number of rotatable bonds is 6. The Bertz CT molecular complexity index is 1000. The normalized spacial score (nSPS) is 10.8. The Morgan fingerprint density at radius 1 is 1.14 bits per heavy atom. The molecule has 0 atom stereocenters. The van der Waals surface area contributed by atoms with E-state index in [2.05, 4.69) is 4.98 Å². The first kappa shape index (κ1) is 19.8. The number of carbonyl (C=O) groups is 2. The van der Waals surface area contributed by atoms with Crippen molar-refractivity contribution in [1.82, 2.24) is 4.98 Å². The zero-order valence-electron chi connectivity index (χ0n) is 15.0. The largest absolute Gasteiger partial charge is 0.456 e. The average Bonchev–Trinajstić information content (AvgIpc) is 3.15. The fourth-order valence-electron chi connectivity index (χ4n) is 2.43. The zero-order valence-corrected chi connectivity index (χ0v) is 16.6. The summed E-state index contributed by atoms with van der Waals surface area (Å²) in [5.41, 5.74) is 2.04. The third kappa shape index (κ3) is 5.06. The number of nitrogens with zero attached hydrogens (tertiary/aromatic N) is 2. The Labute approximate surface area is 171 Å². The van der Waals surface area contributed by atoms with Crippen molar-refractivity contribution in [3.63, 3.8) is 0 Å². The van der Waals surface area contributed by atoms with E-state index in [0.29, 0.717) is 15.8 Å². The number of hydrogen-bond donors (Lipinski definition) is 0. The number of hydrogen-bond acceptors (Lipinski definition) is 5. The van der Waals surface area contributed by atoms with E-state index in [1.165, 1.54) is 29.2 Å². The monoisotopic (exact) mass is 412 g/mol. The lowest BCUT2D eigenvalue weighted by Gasteiger charge is -2.17. The molecule has 0 saturated carbocycles. The maximum Gasteiger partial charge on any atom is 0.331 e. The number of esters is 1. The number of amides is 1. The van der Waals surface area contributed by atoms with Crippen LogP contribution in [0.25, 0.3) is 6.08 Å². The van der Waals surface area contributed by atoms with Gasteiger partial charge in [-0.25, -0.2) is 9.78 Å². The third-order valence-electron chi connectivity index (χ3n) is 3.73. The van der Waals surface area contributed by atoms with Gasteiger partial charge in [0, 0.05) is 23.4 Å². The van der Waals surface area contributed by atoms with Gasteiger partial charge in [0.1, 0.15) is 6.61 Å². The highest BCUT2D eigenvalue weighted by Gasteiger charge is 2.17. The summed E-state index contributed by atoms with van der Waals surface area (Å²) in [7, 11) is 0. The molecule has 0 radical (unpaired) electrons. The van der Waals surface area contributed by atoms with E-state index in [1.807, 2.05) is 42.5 Å². The highest BCUT2D eigenvalue weighted by molar-refractivity contribution is 7.14. The maximum absolute atomic E-state index is 12.1. The van der Waals surface area contributed by atoms with Crippen molar-refractivity contribution in [2.75, 3.05) is 4.90 Å². The molecule has 0 N–H and O–H groups in total. The molecular formula is C21H17ClN2O3S. The molecule has 0 fully saturated rings. The molecule has 0 aliphatic heterocycles. The summed E-state index contributed by atoms with van der Waals surface area (Å²) in [5.74, 6) is -0.646. The molecular weight excluding hydrogens is 396 g/mol. The number of para-hydroxylation sites is 1. The first-order valence-corrected chi connectivity index (χ1v) is 9.70. The van der Waals surface area contributed by atoms with Crippen LogP contribution in [0.15, 0.2) is 66.1 Å². The van der Waals surface area contributed by atoms with Crippen molar-refractivity contribution < 1.29 is 14.3 Å². The molecule has 0 aliphatic carbocycles. The van der Waals surface area contributed by atoms with Gasteiger partial charge in [0.05, 0.1) is 11.4 Å². The van der Waals surface area contributed by atoms with Crippen molar-refractivity contribution >= 4 is 51.7 Å². The first-order chi connectivity index (χ1) is 13.5. The van der Waals surface area contributed by atoms with Gasteiger partial charge in [-0.1, -0.05) is 48.0 Å². The molecule has 1 heterocycles. The predicted molar refractivity (Wildman–Crippen MR) is 112 cm³/mol. The molecule has 0 bridgehead atoms. The summed E-state index contributed by atoms with van der Waals surface area (Å²) in [5, 5.41) is 2.84. The van der Waals surface area contributed by atoms with Gasteiger partial charge in [-0.2, -0.15) is 0 Å². The lowest BCUT2D eigenvalue weighted by atomic mass is 10.2. The maximum atomic E-state index is 12.1. The van der Waals surface area contributed by atoms with Crippen LogP contribution in [0.1, 0.15) is 18.2 Å². The van der Waals surface area contributed by atoms with Crippen LogP contribution in [-0.4, -0.2) is 16.9 Å². The number of benzene rings is 2. The number of aromatic nitrogens is 1. The second-order valence-corrected chi connectivity index (χ2v) is 7.02. The number of ether oxygens (including phenoxy) is 1. The standard InChI is InChI=1S/C21H17ClN2O3S/c1-15(25)24(18-8-3-2-4-9-18)21-23-17(14-28-21)13-27-20(26)12-11-16-7-5-6-10-19(16)22/h2-12,14H,13H2,1H3/b12-11+. The Morgan fingerprint density at radius 2 is 1.86 bits per heavy atom. The van der Waals surface area contributed by atoms with Crippen LogP contribution in [0.2, 0.25) is 5.02 Å². The van der Waals surface area contributed by atoms with Crippen LogP contribution >= 0.6 is 22.9 Å². The zero-order chi connectivity index (χ0) is 19.9. The topological polar surface area (TPSA) is 59.5 Å². The Hall–Kier alpha value is -2.96. The van der Waals surface area contributed by atoms with E-state index in [4.69, 9.17) is 16.3 Å². The summed E-state index contributed by atoms with van der Waals surface area (Å²) in [6.07, 6.45) is 2.92. The van der Waals surface area contributed by atoms with E-state index in [0.717, 1.165) is 11.3 Å². The number of anilines is 2. The van der Waals surface area contributed by atoms with Crippen LogP contribution in [0.3, 0.4) is 0 Å². The molecule has 28 heavy (non-hydrogen) atoms. The van der Waals surface area contributed by atoms with Crippen molar-refractivity contribution in [3.8, 4) is 0 Å². The highest BCUT2D eigenvalue weighted by Crippen LogP contribution is 2.28. The quantitative estimate of drug-likeness (QED) is 0.410. The van der Waals surface area contributed by atoms with Crippen molar-refractivity contribution in [2.24, 2.45) is 0 Å². The summed E-state index contributed by atoms with van der Waals surface area (Å²) in [6, 6.07) is 16.5. The average molecular weight is 413 g/mol. The Balaban J connectivity index is 1.63. The SMILES string of the molecule is CC(=O)N(c1ccccc1)c1nc(COC(=O)/C=C/c2ccccc2Cl)cs1. The highest BCUT2D eigenvalue weighted by atomic mass is 35.5. The fraction of sp³-hybridized carbons (Fsp3) is 0.0952. The molecule has 3 aromatic rings. The van der Waals surface area contributed by atoms with Crippen molar-refractivity contribution in [2.45, 2.75) is 13.5 Å². The smallest absolute Gasteiger partial charge is 0.331 e. The predicted octanol–water partition coefficient (Wildman–Crippen LogP) is 5.24. The molecule has 0 saturated heterocycles. The van der Waals surface area contributed by atoms with Gasteiger partial charge in [0.15, 0.2) is 5.13 Å². The second-order valence-electron chi connectivity index (χ2n) is 5.77. The minimum atomic E-state index is -0.499. The van der Waals surface area contributed by atoms with Gasteiger partial charge >= 0.3 is 5.97 Å². The summed E-state index contributed by atoms with van der Waals surface area (Å²) < 4.78 is 5.22. The van der Waals surface area contributed by atoms with Crippen LogP contribution in [0.5, 0.6) is 0 Å². The fourth-order valence-corrected chi connectivity index (χ4v) is 3.50. The van der Waals surface area contributed by atoms with Gasteiger partial charge < -0.3 is 4.74 Å². The first-order valence-electron chi connectivity index (χ1n) is 8.44. The van der Waals surface area contributed by atoms with E-state index in [9.17, 15) is 9.59 Å². The van der Waals surface area contributed by atoms with E-state index in [-0.39, 0.29) is 12.5 Å². The Morgan fingerprint density at radius 3 is 2.57 bits per heavy atom. The summed E-state index contributed by atoms with van der Waals surface area (Å²) in [4.78, 5) is 29.9. The number of carbonyl (C=O) groups excluding carboxylic acids is 2. The van der Waals surface area contributed by atoms with Gasteiger partial charge in [-0.3, -0.25) is 9.69 Å². The van der Waals surface area contributed by atoms with Gasteiger partial charge in [0.25, 0.3) is 0 Å². The lowest BCUT2D eigenvalue weighted by Crippen LogP contribution is -2.22. The molecule has 0 unspecified atom stereocenters. The van der Waals surface area contributed by atoms with Crippen LogP contribution in [0, 0.1) is 0 Å². The third-order valence-corrected chi connectivity index (χ3v) is 4.95. The number of halogens is 1. The molecule has 0 aliphatic rings. The van der Waals surface area contributed by atoms with Crippen LogP contribution in [0.4, 0.5) is 10.8 Å². The van der Waals surface area contributed by atoms with Crippen LogP contribution in [-0.2, 0) is 20.9 Å². The molecule has 1 aromatic heterocycles. The second kappa shape index (κ2) is 9.30. The summed E-state index contributed by atoms with van der Waals surface area (Å²) >= 11 is 7.36. The van der Waals surface area contributed by atoms with E-state index in [1.54, 1.807) is 23.6 Å². The molecule has 2 aromatic carbocycles.